The van der Waals surface area contributed by atoms with Crippen LogP contribution in [0.4, 0.5) is 17.1 Å². The van der Waals surface area contributed by atoms with E-state index >= 15 is 0 Å². The van der Waals surface area contributed by atoms with Gasteiger partial charge in [0.1, 0.15) is 22.9 Å². The number of phenolic OH excluding ortho intramolecular Hbond substituents is 3. The van der Waals surface area contributed by atoms with Crippen LogP contribution < -0.4 is 10.2 Å². The lowest BCUT2D eigenvalue weighted by Gasteiger charge is -2.27. The molecule has 1 heterocycles. The fourth-order valence-electron chi connectivity index (χ4n) is 4.43. The van der Waals surface area contributed by atoms with Crippen molar-refractivity contribution in [2.24, 2.45) is 11.8 Å². The van der Waals surface area contributed by atoms with Gasteiger partial charge in [-0.05, 0) is 57.1 Å². The van der Waals surface area contributed by atoms with Gasteiger partial charge in [-0.25, -0.2) is 0 Å². The van der Waals surface area contributed by atoms with Crippen LogP contribution in [0.2, 0.25) is 0 Å². The fourth-order valence-corrected chi connectivity index (χ4v) is 4.43. The Morgan fingerprint density at radius 1 is 1.00 bits per heavy atom. The summed E-state index contributed by atoms with van der Waals surface area (Å²) in [5.74, 6) is 0.267. The van der Waals surface area contributed by atoms with Gasteiger partial charge in [-0.3, -0.25) is 4.79 Å². The second-order valence-electron chi connectivity index (χ2n) is 10.7. The van der Waals surface area contributed by atoms with Crippen LogP contribution in [0.1, 0.15) is 77.1 Å². The Kier molecular flexibility index (Phi) is 8.54. The number of hydrogen-bond donors (Lipinski definition) is 4. The summed E-state index contributed by atoms with van der Waals surface area (Å²) in [4.78, 5) is 15.0. The number of para-hydroxylation sites is 1. The zero-order valence-electron chi connectivity index (χ0n) is 21.6. The Labute approximate surface area is 208 Å². The minimum Gasteiger partial charge on any atom is -0.508 e. The highest BCUT2D eigenvalue weighted by atomic mass is 16.5. The van der Waals surface area contributed by atoms with Crippen molar-refractivity contribution < 1.29 is 24.9 Å². The molecular weight excluding hydrogens is 444 g/mol. The molecular formula is C28H40N2O5. The molecule has 0 bridgehead atoms. The van der Waals surface area contributed by atoms with E-state index in [0.29, 0.717) is 42.7 Å². The maximum absolute atomic E-state index is 13.5. The average Bonchev–Trinajstić information content (AvgIpc) is 2.87. The first-order chi connectivity index (χ1) is 16.5. The molecule has 2 aromatic rings. The SMILES string of the molecule is CC(C)CCCC(C)(C)OCCC(C)CCN1C(=O)c2cccc(O)c2Nc2c(O)cc(O)cc21. The van der Waals surface area contributed by atoms with Gasteiger partial charge in [0.15, 0.2) is 0 Å². The summed E-state index contributed by atoms with van der Waals surface area (Å²) in [6, 6.07) is 7.40. The number of aromatic hydroxyl groups is 3. The third kappa shape index (κ3) is 6.82. The van der Waals surface area contributed by atoms with Gasteiger partial charge in [-0.2, -0.15) is 0 Å². The molecule has 3 rings (SSSR count). The van der Waals surface area contributed by atoms with Gasteiger partial charge in [-0.15, -0.1) is 0 Å². The summed E-state index contributed by atoms with van der Waals surface area (Å²) >= 11 is 0. The van der Waals surface area contributed by atoms with Crippen LogP contribution in [0.3, 0.4) is 0 Å². The number of anilines is 3. The van der Waals surface area contributed by atoms with Crippen LogP contribution in [-0.4, -0.2) is 40.0 Å². The largest absolute Gasteiger partial charge is 0.508 e. The fraction of sp³-hybridized carbons (Fsp3) is 0.536. The van der Waals surface area contributed by atoms with E-state index in [1.165, 1.54) is 24.6 Å². The van der Waals surface area contributed by atoms with Crippen LogP contribution >= 0.6 is 0 Å². The predicted molar refractivity (Wildman–Crippen MR) is 140 cm³/mol. The Hall–Kier alpha value is -2.93. The number of amides is 1. The van der Waals surface area contributed by atoms with Gasteiger partial charge in [0.2, 0.25) is 0 Å². The molecule has 7 heteroatoms. The zero-order valence-corrected chi connectivity index (χ0v) is 21.6. The van der Waals surface area contributed by atoms with E-state index in [1.807, 2.05) is 0 Å². The number of phenols is 3. The summed E-state index contributed by atoms with van der Waals surface area (Å²) in [6.45, 7) is 11.9. The molecule has 0 aliphatic carbocycles. The highest BCUT2D eigenvalue weighted by Crippen LogP contribution is 2.45. The molecule has 1 amide bonds. The van der Waals surface area contributed by atoms with Gasteiger partial charge in [0.05, 0.1) is 22.5 Å². The van der Waals surface area contributed by atoms with Crippen LogP contribution in [0.15, 0.2) is 30.3 Å². The van der Waals surface area contributed by atoms with Crippen molar-refractivity contribution in [2.45, 2.75) is 72.3 Å². The normalized spacial score (nSPS) is 14.3. The monoisotopic (exact) mass is 484 g/mol. The molecule has 35 heavy (non-hydrogen) atoms. The number of nitrogens with zero attached hydrogens (tertiary/aromatic N) is 1. The lowest BCUT2D eigenvalue weighted by Crippen LogP contribution is -2.32. The summed E-state index contributed by atoms with van der Waals surface area (Å²) in [7, 11) is 0. The van der Waals surface area contributed by atoms with E-state index in [9.17, 15) is 20.1 Å². The number of fused-ring (bicyclic) bond motifs is 2. The van der Waals surface area contributed by atoms with Crippen molar-refractivity contribution in [1.29, 1.82) is 0 Å². The van der Waals surface area contributed by atoms with Crippen molar-refractivity contribution in [3.8, 4) is 17.2 Å². The van der Waals surface area contributed by atoms with Gasteiger partial charge in [0.25, 0.3) is 5.91 Å². The van der Waals surface area contributed by atoms with Crippen LogP contribution in [-0.2, 0) is 4.74 Å². The molecule has 1 aliphatic rings. The lowest BCUT2D eigenvalue weighted by atomic mass is 9.97. The van der Waals surface area contributed by atoms with E-state index < -0.39 is 0 Å². The van der Waals surface area contributed by atoms with Crippen LogP contribution in [0.25, 0.3) is 0 Å². The smallest absolute Gasteiger partial charge is 0.260 e. The first-order valence-corrected chi connectivity index (χ1v) is 12.6. The molecule has 0 aromatic heterocycles. The molecule has 1 aliphatic heterocycles. The van der Waals surface area contributed by atoms with Crippen molar-refractivity contribution in [3.63, 3.8) is 0 Å². The molecule has 192 valence electrons. The van der Waals surface area contributed by atoms with Crippen molar-refractivity contribution in [2.75, 3.05) is 23.4 Å². The van der Waals surface area contributed by atoms with Crippen molar-refractivity contribution in [1.82, 2.24) is 0 Å². The molecule has 0 saturated heterocycles. The van der Waals surface area contributed by atoms with E-state index in [4.69, 9.17) is 4.74 Å². The molecule has 1 unspecified atom stereocenters. The van der Waals surface area contributed by atoms with E-state index in [-0.39, 0.29) is 40.1 Å². The maximum Gasteiger partial charge on any atom is 0.260 e. The first kappa shape index (κ1) is 26.7. The van der Waals surface area contributed by atoms with Crippen molar-refractivity contribution >= 4 is 23.0 Å². The Morgan fingerprint density at radius 3 is 2.46 bits per heavy atom. The molecule has 2 aromatic carbocycles. The molecule has 0 fully saturated rings. The number of carbonyl (C=O) groups is 1. The third-order valence-electron chi connectivity index (χ3n) is 6.65. The molecule has 0 saturated carbocycles. The van der Waals surface area contributed by atoms with Gasteiger partial charge in [-0.1, -0.05) is 39.7 Å². The topological polar surface area (TPSA) is 102 Å². The van der Waals surface area contributed by atoms with Gasteiger partial charge >= 0.3 is 0 Å². The third-order valence-corrected chi connectivity index (χ3v) is 6.65. The summed E-state index contributed by atoms with van der Waals surface area (Å²) in [5, 5.41) is 33.9. The van der Waals surface area contributed by atoms with Crippen LogP contribution in [0.5, 0.6) is 17.2 Å². The van der Waals surface area contributed by atoms with Gasteiger partial charge < -0.3 is 30.3 Å². The second-order valence-corrected chi connectivity index (χ2v) is 10.7. The molecule has 0 radical (unpaired) electrons. The minimum atomic E-state index is -0.304. The first-order valence-electron chi connectivity index (χ1n) is 12.6. The van der Waals surface area contributed by atoms with E-state index in [2.05, 4.69) is 39.9 Å². The van der Waals surface area contributed by atoms with Crippen LogP contribution in [0, 0.1) is 11.8 Å². The summed E-state index contributed by atoms with van der Waals surface area (Å²) in [5.41, 5.74) is 1.04. The Bertz CT molecular complexity index is 1030. The number of ether oxygens (including phenoxy) is 1. The molecule has 4 N–H and O–H groups in total. The van der Waals surface area contributed by atoms with E-state index in [0.717, 1.165) is 19.3 Å². The number of hydrogen-bond acceptors (Lipinski definition) is 6. The van der Waals surface area contributed by atoms with Crippen molar-refractivity contribution in [3.05, 3.63) is 35.9 Å². The quantitative estimate of drug-likeness (QED) is 0.213. The Morgan fingerprint density at radius 2 is 1.74 bits per heavy atom. The number of rotatable bonds is 11. The molecule has 0 spiro atoms. The second kappa shape index (κ2) is 11.2. The van der Waals surface area contributed by atoms with Gasteiger partial charge in [0, 0.05) is 25.3 Å². The minimum absolute atomic E-state index is 0.0855. The summed E-state index contributed by atoms with van der Waals surface area (Å²) in [6.07, 6.45) is 4.97. The number of carbonyl (C=O) groups excluding carboxylic acids is 1. The highest BCUT2D eigenvalue weighted by Gasteiger charge is 2.30. The predicted octanol–water partition coefficient (Wildman–Crippen LogP) is 6.55. The maximum atomic E-state index is 13.5. The zero-order chi connectivity index (χ0) is 25.8. The standard InChI is InChI=1S/C28H40N2O5/c1-18(2)8-7-13-28(4,5)35-15-12-19(3)11-14-30-22-16-20(31)17-24(33)26(22)29-25-21(27(30)34)9-6-10-23(25)32/h6,9-10,16-19,29,31-33H,7-8,11-15H2,1-5H3. The summed E-state index contributed by atoms with van der Waals surface area (Å²) < 4.78 is 6.18. The number of benzene rings is 2. The molecule has 7 nitrogen and oxygen atoms in total. The average molecular weight is 485 g/mol. The number of nitrogens with one attached hydrogen (secondary N) is 1. The highest BCUT2D eigenvalue weighted by molar-refractivity contribution is 6.15. The Balaban J connectivity index is 1.67. The lowest BCUT2D eigenvalue weighted by molar-refractivity contribution is -0.0304. The van der Waals surface area contributed by atoms with E-state index in [1.54, 1.807) is 17.0 Å². The molecule has 1 atom stereocenters.